The van der Waals surface area contributed by atoms with Gasteiger partial charge in [0.15, 0.2) is 0 Å². The molecule has 2 aromatic rings. The second-order valence-corrected chi connectivity index (χ2v) is 10.4. The van der Waals surface area contributed by atoms with Crippen molar-refractivity contribution in [1.29, 1.82) is 0 Å². The van der Waals surface area contributed by atoms with Crippen LogP contribution in [0, 0.1) is 12.8 Å². The summed E-state index contributed by atoms with van der Waals surface area (Å²) in [5.74, 6) is 1.70. The zero-order chi connectivity index (χ0) is 24.6. The van der Waals surface area contributed by atoms with Gasteiger partial charge in [-0.05, 0) is 84.2 Å². The van der Waals surface area contributed by atoms with E-state index < -0.39 is 5.60 Å². The molecular weight excluding hydrogens is 424 g/mol. The van der Waals surface area contributed by atoms with Crippen molar-refractivity contribution in [2.45, 2.75) is 64.0 Å². The third-order valence-corrected chi connectivity index (χ3v) is 7.39. The molecule has 0 aliphatic carbocycles. The quantitative estimate of drug-likeness (QED) is 0.403. The first-order chi connectivity index (χ1) is 16.3. The van der Waals surface area contributed by atoms with Gasteiger partial charge in [-0.25, -0.2) is 0 Å². The Kier molecular flexibility index (Phi) is 9.55. The molecule has 188 valence electrons. The molecule has 0 aromatic heterocycles. The lowest BCUT2D eigenvalue weighted by Crippen LogP contribution is -2.56. The van der Waals surface area contributed by atoms with Crippen LogP contribution in [0.4, 0.5) is 0 Å². The first kappa shape index (κ1) is 26.7. The fourth-order valence-electron chi connectivity index (χ4n) is 5.36. The molecule has 2 unspecified atom stereocenters. The van der Waals surface area contributed by atoms with Crippen LogP contribution in [0.1, 0.15) is 57.1 Å². The van der Waals surface area contributed by atoms with Crippen LogP contribution < -0.4 is 10.1 Å². The van der Waals surface area contributed by atoms with Gasteiger partial charge in [0.25, 0.3) is 0 Å². The molecule has 1 saturated heterocycles. The molecule has 0 spiro atoms. The minimum Gasteiger partial charge on any atom is -0.457 e. The number of nitrogens with zero attached hydrogens (tertiary/aromatic N) is 1. The first-order valence-electron chi connectivity index (χ1n) is 12.8. The molecule has 0 bridgehead atoms. The molecule has 0 saturated carbocycles. The van der Waals surface area contributed by atoms with Crippen molar-refractivity contribution in [3.8, 4) is 11.5 Å². The van der Waals surface area contributed by atoms with Gasteiger partial charge in [0.1, 0.15) is 11.5 Å². The maximum atomic E-state index is 12.5. The fraction of sp³-hybridized carbons (Fsp3) is 0.586. The van der Waals surface area contributed by atoms with E-state index in [0.717, 1.165) is 67.9 Å². The van der Waals surface area contributed by atoms with Crippen LogP contribution in [0.15, 0.2) is 48.5 Å². The summed E-state index contributed by atoms with van der Waals surface area (Å²) in [6.45, 7) is 10.2. The van der Waals surface area contributed by atoms with Gasteiger partial charge in [0.2, 0.25) is 0 Å². The predicted octanol–water partition coefficient (Wildman–Crippen LogP) is 5.50. The number of para-hydroxylation sites is 2. The van der Waals surface area contributed by atoms with Crippen molar-refractivity contribution >= 4 is 0 Å². The number of rotatable bonds is 12. The number of likely N-dealkylation sites (N-methyl/N-ethyl adjacent to an activating group) is 1. The van der Waals surface area contributed by atoms with Gasteiger partial charge in [-0.2, -0.15) is 0 Å². The lowest BCUT2D eigenvalue weighted by molar-refractivity contribution is -0.0765. The van der Waals surface area contributed by atoms with E-state index in [0.29, 0.717) is 13.0 Å². The fourth-order valence-corrected chi connectivity index (χ4v) is 5.36. The topological polar surface area (TPSA) is 54.0 Å². The number of likely N-dealkylation sites (tertiary alicyclic amines) is 1. The van der Waals surface area contributed by atoms with E-state index >= 15 is 0 Å². The van der Waals surface area contributed by atoms with Crippen LogP contribution in [-0.4, -0.2) is 55.9 Å². The van der Waals surface area contributed by atoms with Gasteiger partial charge in [-0.3, -0.25) is 4.90 Å². The first-order valence-corrected chi connectivity index (χ1v) is 12.8. The number of aliphatic hydroxyl groups is 1. The number of unbranched alkanes of at least 4 members (excludes halogenated alkanes) is 1. The Morgan fingerprint density at radius 1 is 1.06 bits per heavy atom. The molecule has 34 heavy (non-hydrogen) atoms. The molecule has 3 rings (SSSR count). The van der Waals surface area contributed by atoms with Crippen LogP contribution >= 0.6 is 0 Å². The zero-order valence-electron chi connectivity index (χ0n) is 21.8. The SMILES string of the molecule is CNCC(C)(C)N1CCCC(C(O)(CCCCOC)c2ccccc2Oc2ccccc2C)C1. The smallest absolute Gasteiger partial charge is 0.133 e. The Labute approximate surface area is 206 Å². The summed E-state index contributed by atoms with van der Waals surface area (Å²) in [5.41, 5.74) is 1.04. The van der Waals surface area contributed by atoms with Gasteiger partial charge in [-0.1, -0.05) is 36.4 Å². The van der Waals surface area contributed by atoms with Gasteiger partial charge < -0.3 is 19.9 Å². The summed E-state index contributed by atoms with van der Waals surface area (Å²) in [6, 6.07) is 16.1. The molecule has 2 aromatic carbocycles. The van der Waals surface area contributed by atoms with E-state index in [1.54, 1.807) is 7.11 Å². The van der Waals surface area contributed by atoms with Crippen LogP contribution in [0.25, 0.3) is 0 Å². The Morgan fingerprint density at radius 3 is 2.47 bits per heavy atom. The summed E-state index contributed by atoms with van der Waals surface area (Å²) < 4.78 is 11.7. The molecule has 5 heteroatoms. The molecule has 1 fully saturated rings. The van der Waals surface area contributed by atoms with E-state index in [1.807, 2.05) is 43.4 Å². The van der Waals surface area contributed by atoms with E-state index in [-0.39, 0.29) is 11.5 Å². The van der Waals surface area contributed by atoms with E-state index in [2.05, 4.69) is 43.1 Å². The zero-order valence-corrected chi connectivity index (χ0v) is 21.8. The van der Waals surface area contributed by atoms with Crippen LogP contribution in [0.5, 0.6) is 11.5 Å². The molecule has 2 N–H and O–H groups in total. The maximum absolute atomic E-state index is 12.5. The van der Waals surface area contributed by atoms with E-state index in [4.69, 9.17) is 9.47 Å². The van der Waals surface area contributed by atoms with Gasteiger partial charge in [0, 0.05) is 43.8 Å². The highest BCUT2D eigenvalue weighted by molar-refractivity contribution is 5.44. The lowest BCUT2D eigenvalue weighted by atomic mass is 9.73. The third-order valence-electron chi connectivity index (χ3n) is 7.39. The van der Waals surface area contributed by atoms with E-state index in [1.165, 1.54) is 0 Å². The Balaban J connectivity index is 1.95. The number of benzene rings is 2. The second-order valence-electron chi connectivity index (χ2n) is 10.4. The lowest BCUT2D eigenvalue weighted by Gasteiger charge is -2.48. The number of ether oxygens (including phenoxy) is 2. The average Bonchev–Trinajstić information content (AvgIpc) is 2.83. The number of piperidine rings is 1. The average molecular weight is 469 g/mol. The molecule has 5 nitrogen and oxygen atoms in total. The minimum absolute atomic E-state index is 0.0293. The highest BCUT2D eigenvalue weighted by Crippen LogP contribution is 2.45. The van der Waals surface area contributed by atoms with Crippen molar-refractivity contribution in [1.82, 2.24) is 10.2 Å². The van der Waals surface area contributed by atoms with Crippen molar-refractivity contribution in [2.75, 3.05) is 40.4 Å². The third kappa shape index (κ3) is 6.39. The monoisotopic (exact) mass is 468 g/mol. The summed E-state index contributed by atoms with van der Waals surface area (Å²) >= 11 is 0. The van der Waals surface area contributed by atoms with Crippen molar-refractivity contribution in [3.63, 3.8) is 0 Å². The highest BCUT2D eigenvalue weighted by atomic mass is 16.5. The largest absolute Gasteiger partial charge is 0.457 e. The summed E-state index contributed by atoms with van der Waals surface area (Å²) in [4.78, 5) is 2.54. The summed E-state index contributed by atoms with van der Waals surface area (Å²) in [5, 5.41) is 15.8. The molecular formula is C29H44N2O3. The highest BCUT2D eigenvalue weighted by Gasteiger charge is 2.44. The standard InChI is InChI=1S/C29H44N2O3/c1-23-13-6-8-16-26(23)34-27-17-9-7-15-25(27)29(32,18-10-11-20-33-5)24-14-12-19-31(21-24)28(2,3)22-30-4/h6-9,13,15-17,24,30,32H,10-12,14,18-22H2,1-5H3. The molecule has 2 atom stereocenters. The molecule has 0 radical (unpaired) electrons. The van der Waals surface area contributed by atoms with Gasteiger partial charge in [0.05, 0.1) is 5.60 Å². The second kappa shape index (κ2) is 12.2. The van der Waals surface area contributed by atoms with E-state index in [9.17, 15) is 5.11 Å². The molecule has 1 heterocycles. The summed E-state index contributed by atoms with van der Waals surface area (Å²) in [6.07, 6.45) is 4.61. The van der Waals surface area contributed by atoms with Crippen LogP contribution in [0.2, 0.25) is 0 Å². The van der Waals surface area contributed by atoms with Crippen LogP contribution in [0.3, 0.4) is 0 Å². The molecule has 0 amide bonds. The van der Waals surface area contributed by atoms with Crippen molar-refractivity contribution < 1.29 is 14.6 Å². The maximum Gasteiger partial charge on any atom is 0.133 e. The molecule has 1 aliphatic rings. The Morgan fingerprint density at radius 2 is 1.76 bits per heavy atom. The Bertz CT molecular complexity index is 900. The number of aryl methyl sites for hydroxylation is 1. The van der Waals surface area contributed by atoms with Gasteiger partial charge >= 0.3 is 0 Å². The number of hydrogen-bond acceptors (Lipinski definition) is 5. The van der Waals surface area contributed by atoms with Crippen LogP contribution in [-0.2, 0) is 10.3 Å². The summed E-state index contributed by atoms with van der Waals surface area (Å²) in [7, 11) is 3.74. The van der Waals surface area contributed by atoms with Crippen molar-refractivity contribution in [2.24, 2.45) is 5.92 Å². The predicted molar refractivity (Wildman–Crippen MR) is 140 cm³/mol. The molecule has 1 aliphatic heterocycles. The van der Waals surface area contributed by atoms with Gasteiger partial charge in [-0.15, -0.1) is 0 Å². The normalized spacial score (nSPS) is 19.1. The number of hydrogen-bond donors (Lipinski definition) is 2. The minimum atomic E-state index is -0.971. The number of methoxy groups -OCH3 is 1. The number of nitrogens with one attached hydrogen (secondary N) is 1. The van der Waals surface area contributed by atoms with Crippen molar-refractivity contribution in [3.05, 3.63) is 59.7 Å². The Hall–Kier alpha value is -1.92.